The molecule has 24 heavy (non-hydrogen) atoms. The highest BCUT2D eigenvalue weighted by atomic mass is 32.1. The van der Waals surface area contributed by atoms with Crippen molar-refractivity contribution in [2.45, 2.75) is 38.6 Å². The molecule has 7 heteroatoms. The molecule has 1 saturated heterocycles. The first-order chi connectivity index (χ1) is 11.6. The number of hydrogen-bond acceptors (Lipinski definition) is 5. The maximum Gasteiger partial charge on any atom is 0.242 e. The maximum absolute atomic E-state index is 12.7. The number of hydrogen-bond donors (Lipinski definition) is 1. The molecule has 2 amide bonds. The molecule has 3 rings (SSSR count). The molecule has 1 N–H and O–H groups in total. The van der Waals surface area contributed by atoms with Crippen LogP contribution in [0.2, 0.25) is 0 Å². The molecule has 0 radical (unpaired) electrons. The molecule has 6 nitrogen and oxygen atoms in total. The second-order valence-corrected chi connectivity index (χ2v) is 6.84. The van der Waals surface area contributed by atoms with Crippen molar-refractivity contribution in [3.05, 3.63) is 29.0 Å². The van der Waals surface area contributed by atoms with Crippen LogP contribution in [0.3, 0.4) is 0 Å². The van der Waals surface area contributed by atoms with E-state index in [-0.39, 0.29) is 24.3 Å². The van der Waals surface area contributed by atoms with Crippen LogP contribution in [0.1, 0.15) is 30.7 Å². The number of aryl methyl sites for hydroxylation is 1. The van der Waals surface area contributed by atoms with Crippen LogP contribution in [0, 0.1) is 6.92 Å². The molecule has 2 aromatic rings. The number of oxazole rings is 1. The van der Waals surface area contributed by atoms with Gasteiger partial charge in [-0.05, 0) is 37.6 Å². The van der Waals surface area contributed by atoms with Crippen molar-refractivity contribution in [1.29, 1.82) is 0 Å². The second kappa shape index (κ2) is 7.17. The zero-order valence-electron chi connectivity index (χ0n) is 13.9. The molecule has 128 valence electrons. The number of amides is 2. The van der Waals surface area contributed by atoms with Crippen molar-refractivity contribution < 1.29 is 14.0 Å². The smallest absolute Gasteiger partial charge is 0.242 e. The molecule has 2 aromatic heterocycles. The first-order valence-electron chi connectivity index (χ1n) is 8.11. The van der Waals surface area contributed by atoms with Crippen molar-refractivity contribution in [2.75, 3.05) is 13.6 Å². The van der Waals surface area contributed by atoms with Crippen LogP contribution in [0.15, 0.2) is 21.9 Å². The predicted octanol–water partition coefficient (Wildman–Crippen LogP) is 2.38. The fraction of sp³-hybridized carbons (Fsp3) is 0.471. The summed E-state index contributed by atoms with van der Waals surface area (Å²) in [5, 5.41) is 4.61. The van der Waals surface area contributed by atoms with E-state index in [1.54, 1.807) is 23.3 Å². The molecule has 0 saturated carbocycles. The van der Waals surface area contributed by atoms with Crippen LogP contribution in [0.25, 0.3) is 10.8 Å². The Morgan fingerprint density at radius 2 is 2.29 bits per heavy atom. The van der Waals surface area contributed by atoms with Gasteiger partial charge in [0, 0.05) is 13.6 Å². The lowest BCUT2D eigenvalue weighted by atomic mass is 10.0. The third-order valence-electron chi connectivity index (χ3n) is 4.32. The molecule has 1 fully saturated rings. The number of likely N-dealkylation sites (N-methyl/N-ethyl adjacent to an activating group) is 1. The number of piperidine rings is 1. The number of likely N-dealkylation sites (tertiary alicyclic amines) is 1. The minimum Gasteiger partial charge on any atom is -0.440 e. The predicted molar refractivity (Wildman–Crippen MR) is 91.7 cm³/mol. The van der Waals surface area contributed by atoms with Crippen molar-refractivity contribution in [2.24, 2.45) is 0 Å². The third-order valence-corrected chi connectivity index (χ3v) is 5.17. The topological polar surface area (TPSA) is 75.4 Å². The van der Waals surface area contributed by atoms with E-state index in [9.17, 15) is 9.59 Å². The minimum absolute atomic E-state index is 0.0718. The maximum atomic E-state index is 12.7. The molecule has 1 aliphatic heterocycles. The number of thiophene rings is 1. The quantitative estimate of drug-likeness (QED) is 0.921. The zero-order chi connectivity index (χ0) is 17.1. The normalized spacial score (nSPS) is 17.8. The number of rotatable bonds is 4. The molecule has 0 aromatic carbocycles. The van der Waals surface area contributed by atoms with E-state index < -0.39 is 0 Å². The fourth-order valence-corrected chi connectivity index (χ4v) is 3.66. The lowest BCUT2D eigenvalue weighted by molar-refractivity contribution is -0.141. The van der Waals surface area contributed by atoms with Crippen LogP contribution >= 0.6 is 11.3 Å². The highest BCUT2D eigenvalue weighted by molar-refractivity contribution is 7.13. The van der Waals surface area contributed by atoms with E-state index in [1.807, 2.05) is 24.4 Å². The number of nitrogens with one attached hydrogen (secondary N) is 1. The van der Waals surface area contributed by atoms with Crippen molar-refractivity contribution >= 4 is 23.2 Å². The van der Waals surface area contributed by atoms with Crippen LogP contribution in [-0.2, 0) is 16.0 Å². The molecular weight excluding hydrogens is 326 g/mol. The van der Waals surface area contributed by atoms with Gasteiger partial charge in [-0.2, -0.15) is 0 Å². The van der Waals surface area contributed by atoms with E-state index in [2.05, 4.69) is 10.3 Å². The molecule has 3 heterocycles. The molecule has 0 bridgehead atoms. The molecule has 0 spiro atoms. The Balaban J connectivity index is 1.75. The lowest BCUT2D eigenvalue weighted by Crippen LogP contribution is -2.51. The lowest BCUT2D eigenvalue weighted by Gasteiger charge is -2.34. The second-order valence-electron chi connectivity index (χ2n) is 5.89. The summed E-state index contributed by atoms with van der Waals surface area (Å²) < 4.78 is 5.69. The Kier molecular flexibility index (Phi) is 4.99. The van der Waals surface area contributed by atoms with Gasteiger partial charge in [0.1, 0.15) is 11.8 Å². The summed E-state index contributed by atoms with van der Waals surface area (Å²) >= 11 is 1.55. The van der Waals surface area contributed by atoms with Crippen molar-refractivity contribution in [3.8, 4) is 10.8 Å². The summed E-state index contributed by atoms with van der Waals surface area (Å²) in [5.74, 6) is 1.03. The van der Waals surface area contributed by atoms with Gasteiger partial charge in [0.2, 0.25) is 17.7 Å². The van der Waals surface area contributed by atoms with E-state index in [4.69, 9.17) is 4.42 Å². The van der Waals surface area contributed by atoms with Gasteiger partial charge in [-0.25, -0.2) is 4.98 Å². The third kappa shape index (κ3) is 3.36. The summed E-state index contributed by atoms with van der Waals surface area (Å²) in [4.78, 5) is 31.8. The molecule has 1 atom stereocenters. The molecule has 1 aliphatic rings. The zero-order valence-corrected chi connectivity index (χ0v) is 14.7. The van der Waals surface area contributed by atoms with Crippen LogP contribution in [0.4, 0.5) is 0 Å². The highest BCUT2D eigenvalue weighted by Gasteiger charge is 2.32. The molecule has 0 aliphatic carbocycles. The standard InChI is InChI=1S/C17H21N3O3S/c1-11-12(19-17(23-11)14-7-5-9-24-14)10-15(21)20-8-4-3-6-13(20)16(22)18-2/h5,7,9,13H,3-4,6,8,10H2,1-2H3,(H,18,22). The minimum atomic E-state index is -0.375. The van der Waals surface area contributed by atoms with Gasteiger partial charge in [0.25, 0.3) is 0 Å². The molecule has 1 unspecified atom stereocenters. The average molecular weight is 347 g/mol. The van der Waals surface area contributed by atoms with E-state index in [0.717, 1.165) is 17.7 Å². The number of carbonyl (C=O) groups is 2. The summed E-state index contributed by atoms with van der Waals surface area (Å²) in [5.41, 5.74) is 0.643. The largest absolute Gasteiger partial charge is 0.440 e. The summed E-state index contributed by atoms with van der Waals surface area (Å²) in [6, 6.07) is 3.50. The first kappa shape index (κ1) is 16.7. The first-order valence-corrected chi connectivity index (χ1v) is 8.99. The van der Waals surface area contributed by atoms with Gasteiger partial charge in [-0.3, -0.25) is 9.59 Å². The Morgan fingerprint density at radius 3 is 3.00 bits per heavy atom. The average Bonchev–Trinajstić information content (AvgIpc) is 3.24. The summed E-state index contributed by atoms with van der Waals surface area (Å²) in [6.45, 7) is 2.44. The molecular formula is C17H21N3O3S. The Bertz CT molecular complexity index is 724. The summed E-state index contributed by atoms with van der Waals surface area (Å²) in [7, 11) is 1.61. The SMILES string of the molecule is CNC(=O)C1CCCCN1C(=O)Cc1nc(-c2cccs2)oc1C. The number of carbonyl (C=O) groups excluding carboxylic acids is 2. The highest BCUT2D eigenvalue weighted by Crippen LogP contribution is 2.26. The van der Waals surface area contributed by atoms with E-state index in [1.165, 1.54) is 0 Å². The van der Waals surface area contributed by atoms with Crippen LogP contribution < -0.4 is 5.32 Å². The van der Waals surface area contributed by atoms with Crippen LogP contribution in [-0.4, -0.2) is 41.3 Å². The van der Waals surface area contributed by atoms with Crippen LogP contribution in [0.5, 0.6) is 0 Å². The van der Waals surface area contributed by atoms with Gasteiger partial charge in [-0.1, -0.05) is 6.07 Å². The number of aromatic nitrogens is 1. The van der Waals surface area contributed by atoms with Crippen molar-refractivity contribution in [1.82, 2.24) is 15.2 Å². The van der Waals surface area contributed by atoms with E-state index in [0.29, 0.717) is 30.3 Å². The van der Waals surface area contributed by atoms with E-state index >= 15 is 0 Å². The Morgan fingerprint density at radius 1 is 1.46 bits per heavy atom. The Hall–Kier alpha value is -2.15. The Labute approximate surface area is 144 Å². The van der Waals surface area contributed by atoms with Gasteiger partial charge in [0.05, 0.1) is 17.0 Å². The van der Waals surface area contributed by atoms with Crippen molar-refractivity contribution in [3.63, 3.8) is 0 Å². The van der Waals surface area contributed by atoms with Gasteiger partial charge >= 0.3 is 0 Å². The summed E-state index contributed by atoms with van der Waals surface area (Å²) in [6.07, 6.45) is 2.77. The fourth-order valence-electron chi connectivity index (χ4n) is 3.01. The van der Waals surface area contributed by atoms with Gasteiger partial charge in [-0.15, -0.1) is 11.3 Å². The van der Waals surface area contributed by atoms with Gasteiger partial charge in [0.15, 0.2) is 0 Å². The van der Waals surface area contributed by atoms with Gasteiger partial charge < -0.3 is 14.6 Å². The number of nitrogens with zero attached hydrogens (tertiary/aromatic N) is 2. The monoisotopic (exact) mass is 347 g/mol.